The maximum Gasteiger partial charge on any atom is 0.213 e. The highest BCUT2D eigenvalue weighted by atomic mass is 32.2. The lowest BCUT2D eigenvalue weighted by Gasteiger charge is -2.22. The first-order chi connectivity index (χ1) is 13.7. The Morgan fingerprint density at radius 3 is 2.50 bits per heavy atom. The molecule has 1 fully saturated rings. The normalized spacial score (nSPS) is 19.4. The van der Waals surface area contributed by atoms with Crippen LogP contribution in [-0.4, -0.2) is 28.6 Å². The van der Waals surface area contributed by atoms with E-state index in [1.165, 1.54) is 11.8 Å². The molecule has 3 aromatic rings. The molecule has 2 heterocycles. The summed E-state index contributed by atoms with van der Waals surface area (Å²) in [6.45, 7) is 0. The number of nitrogens with zero attached hydrogens (tertiary/aromatic N) is 3. The van der Waals surface area contributed by atoms with Gasteiger partial charge in [0.25, 0.3) is 0 Å². The maximum absolute atomic E-state index is 11.0. The van der Waals surface area contributed by atoms with Crippen LogP contribution in [0.15, 0.2) is 88.9 Å². The van der Waals surface area contributed by atoms with Gasteiger partial charge < -0.3 is 9.84 Å². The molecule has 1 atom stereocenters. The number of anilines is 1. The molecule has 1 aromatic heterocycles. The quantitative estimate of drug-likeness (QED) is 0.701. The van der Waals surface area contributed by atoms with Crippen LogP contribution in [0.3, 0.4) is 0 Å². The number of aliphatic imine (C=N–C) groups is 1. The van der Waals surface area contributed by atoms with Crippen molar-refractivity contribution >= 4 is 34.4 Å². The van der Waals surface area contributed by atoms with Crippen molar-refractivity contribution in [2.45, 2.75) is 6.23 Å². The third-order valence-corrected chi connectivity index (χ3v) is 5.24. The Morgan fingerprint density at radius 2 is 1.79 bits per heavy atom. The molecule has 0 bridgehead atoms. The Labute approximate surface area is 168 Å². The number of pyridine rings is 1. The second-order valence-corrected chi connectivity index (χ2v) is 7.13. The van der Waals surface area contributed by atoms with Crippen molar-refractivity contribution in [3.8, 4) is 5.88 Å². The SMILES string of the molecule is COc1cc(/C=C2\S/C(=N\c3ccccc3)N(c3ccccc3)C2O)ccn1. The number of thioether (sulfide) groups is 1. The molecular weight excluding hydrogens is 370 g/mol. The zero-order chi connectivity index (χ0) is 19.3. The number of ether oxygens (including phenoxy) is 1. The summed E-state index contributed by atoms with van der Waals surface area (Å²) in [7, 11) is 1.58. The number of aliphatic hydroxyl groups excluding tert-OH is 1. The molecule has 5 nitrogen and oxygen atoms in total. The topological polar surface area (TPSA) is 58.0 Å². The first kappa shape index (κ1) is 18.3. The van der Waals surface area contributed by atoms with E-state index in [9.17, 15) is 5.11 Å². The summed E-state index contributed by atoms with van der Waals surface area (Å²) in [6, 6.07) is 23.2. The van der Waals surface area contributed by atoms with Gasteiger partial charge in [0.05, 0.1) is 12.8 Å². The molecule has 0 radical (unpaired) electrons. The predicted octanol–water partition coefficient (Wildman–Crippen LogP) is 4.69. The van der Waals surface area contributed by atoms with Crippen LogP contribution in [0.5, 0.6) is 5.88 Å². The van der Waals surface area contributed by atoms with Gasteiger partial charge in [0.15, 0.2) is 11.4 Å². The van der Waals surface area contributed by atoms with Crippen molar-refractivity contribution in [2.24, 2.45) is 4.99 Å². The lowest BCUT2D eigenvalue weighted by molar-refractivity contribution is 0.233. The first-order valence-electron chi connectivity index (χ1n) is 8.80. The first-order valence-corrected chi connectivity index (χ1v) is 9.62. The fraction of sp³-hybridized carbons (Fsp3) is 0.0909. The minimum absolute atomic E-state index is 0.532. The molecule has 1 aliphatic heterocycles. The number of amidine groups is 1. The van der Waals surface area contributed by atoms with E-state index >= 15 is 0 Å². The number of para-hydroxylation sites is 2. The van der Waals surface area contributed by atoms with Crippen molar-refractivity contribution in [3.05, 3.63) is 89.5 Å². The van der Waals surface area contributed by atoms with E-state index in [-0.39, 0.29) is 0 Å². The third kappa shape index (κ3) is 3.93. The molecule has 0 amide bonds. The molecule has 4 rings (SSSR count). The highest BCUT2D eigenvalue weighted by Gasteiger charge is 2.34. The average molecular weight is 389 g/mol. The Balaban J connectivity index is 1.74. The number of rotatable bonds is 4. The molecule has 6 heteroatoms. The number of hydrogen-bond donors (Lipinski definition) is 1. The van der Waals surface area contributed by atoms with Gasteiger partial charge in [-0.2, -0.15) is 0 Å². The van der Waals surface area contributed by atoms with Crippen molar-refractivity contribution in [1.29, 1.82) is 0 Å². The highest BCUT2D eigenvalue weighted by molar-refractivity contribution is 8.18. The van der Waals surface area contributed by atoms with Gasteiger partial charge in [-0.25, -0.2) is 9.98 Å². The molecule has 1 aliphatic rings. The molecule has 0 saturated carbocycles. The summed E-state index contributed by atoms with van der Waals surface area (Å²) in [5, 5.41) is 11.8. The fourth-order valence-corrected chi connectivity index (χ4v) is 3.93. The Morgan fingerprint density at radius 1 is 1.07 bits per heavy atom. The van der Waals surface area contributed by atoms with E-state index in [1.54, 1.807) is 13.3 Å². The van der Waals surface area contributed by atoms with Crippen LogP contribution in [0, 0.1) is 0 Å². The van der Waals surface area contributed by atoms with Crippen molar-refractivity contribution in [1.82, 2.24) is 4.98 Å². The minimum atomic E-state index is -0.825. The van der Waals surface area contributed by atoms with E-state index in [4.69, 9.17) is 9.73 Å². The number of hydrogen-bond acceptors (Lipinski definition) is 5. The van der Waals surface area contributed by atoms with Crippen molar-refractivity contribution < 1.29 is 9.84 Å². The molecule has 0 spiro atoms. The number of aliphatic hydroxyl groups is 1. The van der Waals surface area contributed by atoms with Gasteiger partial charge in [0.2, 0.25) is 5.88 Å². The summed E-state index contributed by atoms with van der Waals surface area (Å²) >= 11 is 1.45. The van der Waals surface area contributed by atoms with Crippen molar-refractivity contribution in [3.63, 3.8) is 0 Å². The average Bonchev–Trinajstić information content (AvgIpc) is 3.04. The van der Waals surface area contributed by atoms with E-state index in [0.29, 0.717) is 5.88 Å². The molecule has 1 saturated heterocycles. The molecule has 1 N–H and O–H groups in total. The van der Waals surface area contributed by atoms with E-state index in [2.05, 4.69) is 4.98 Å². The van der Waals surface area contributed by atoms with Crippen LogP contribution in [0.1, 0.15) is 5.56 Å². The van der Waals surface area contributed by atoms with Gasteiger partial charge in [-0.1, -0.05) is 48.2 Å². The zero-order valence-corrected chi connectivity index (χ0v) is 16.1. The Bertz CT molecular complexity index is 1010. The molecule has 1 unspecified atom stereocenters. The van der Waals surface area contributed by atoms with E-state index < -0.39 is 6.23 Å². The van der Waals surface area contributed by atoms with Crippen LogP contribution in [0.2, 0.25) is 0 Å². The number of aromatic nitrogens is 1. The van der Waals surface area contributed by atoms with Crippen LogP contribution < -0.4 is 9.64 Å². The Kier molecular flexibility index (Phi) is 5.41. The van der Waals surface area contributed by atoms with E-state index in [1.807, 2.05) is 83.8 Å². The van der Waals surface area contributed by atoms with Crippen LogP contribution in [0.4, 0.5) is 11.4 Å². The summed E-state index contributed by atoms with van der Waals surface area (Å²) in [5.41, 5.74) is 2.63. The lowest BCUT2D eigenvalue weighted by Crippen LogP contribution is -2.32. The standard InChI is InChI=1S/C22H19N3O2S/c1-27-20-15-16(12-13-23-20)14-19-21(26)25(18-10-6-3-7-11-18)22(28-19)24-17-8-4-2-5-9-17/h2-15,21,26H,1H3/b19-14-,24-22-. The summed E-state index contributed by atoms with van der Waals surface area (Å²) in [5.74, 6) is 0.532. The third-order valence-electron chi connectivity index (χ3n) is 4.21. The Hall–Kier alpha value is -3.09. The van der Waals surface area contributed by atoms with Crippen LogP contribution in [0.25, 0.3) is 6.08 Å². The molecule has 28 heavy (non-hydrogen) atoms. The van der Waals surface area contributed by atoms with Gasteiger partial charge in [-0.15, -0.1) is 0 Å². The van der Waals surface area contributed by atoms with Gasteiger partial charge in [0, 0.05) is 22.9 Å². The lowest BCUT2D eigenvalue weighted by atomic mass is 10.2. The summed E-state index contributed by atoms with van der Waals surface area (Å²) < 4.78 is 5.19. The van der Waals surface area contributed by atoms with Gasteiger partial charge in [-0.3, -0.25) is 4.90 Å². The summed E-state index contributed by atoms with van der Waals surface area (Å²) in [6.07, 6.45) is 2.79. The van der Waals surface area contributed by atoms with Gasteiger partial charge >= 0.3 is 0 Å². The van der Waals surface area contributed by atoms with Gasteiger partial charge in [0.1, 0.15) is 0 Å². The second-order valence-electron chi connectivity index (χ2n) is 6.09. The van der Waals surface area contributed by atoms with E-state index in [0.717, 1.165) is 27.0 Å². The highest BCUT2D eigenvalue weighted by Crippen LogP contribution is 2.39. The smallest absolute Gasteiger partial charge is 0.213 e. The van der Waals surface area contributed by atoms with Crippen LogP contribution >= 0.6 is 11.8 Å². The van der Waals surface area contributed by atoms with Crippen molar-refractivity contribution in [2.75, 3.05) is 12.0 Å². The molecule has 2 aromatic carbocycles. The number of methoxy groups -OCH3 is 1. The predicted molar refractivity (Wildman–Crippen MR) is 115 cm³/mol. The fourth-order valence-electron chi connectivity index (χ4n) is 2.86. The van der Waals surface area contributed by atoms with Crippen LogP contribution in [-0.2, 0) is 0 Å². The monoisotopic (exact) mass is 389 g/mol. The molecular formula is C22H19N3O2S. The maximum atomic E-state index is 11.0. The van der Waals surface area contributed by atoms with Gasteiger partial charge in [-0.05, 0) is 42.0 Å². The molecule has 140 valence electrons. The minimum Gasteiger partial charge on any atom is -0.481 e. The molecule has 0 aliphatic carbocycles. The second kappa shape index (κ2) is 8.29. The number of benzene rings is 2. The zero-order valence-electron chi connectivity index (χ0n) is 15.3. The summed E-state index contributed by atoms with van der Waals surface area (Å²) in [4.78, 5) is 11.5. The largest absolute Gasteiger partial charge is 0.481 e.